The lowest BCUT2D eigenvalue weighted by Gasteiger charge is -2.07. The number of aromatic amines is 1. The molecular formula is C27H19ClFN3O4. The lowest BCUT2D eigenvalue weighted by molar-refractivity contribution is 0.0949. The fraction of sp³-hybridized carbons (Fsp3) is 0.0741. The summed E-state index contributed by atoms with van der Waals surface area (Å²) < 4.78 is 19.6. The van der Waals surface area contributed by atoms with E-state index in [0.29, 0.717) is 10.7 Å². The summed E-state index contributed by atoms with van der Waals surface area (Å²) in [5.41, 5.74) is 0.711. The largest absolute Gasteiger partial charge is 0.436 e. The van der Waals surface area contributed by atoms with Crippen LogP contribution in [0.2, 0.25) is 5.02 Å². The van der Waals surface area contributed by atoms with Crippen molar-refractivity contribution in [3.63, 3.8) is 0 Å². The molecule has 4 aromatic rings. The van der Waals surface area contributed by atoms with Crippen LogP contribution in [-0.4, -0.2) is 23.6 Å². The number of para-hydroxylation sites is 1. The van der Waals surface area contributed by atoms with Crippen molar-refractivity contribution in [2.45, 2.75) is 6.54 Å². The van der Waals surface area contributed by atoms with Crippen LogP contribution in [0.25, 0.3) is 10.9 Å². The topological polar surface area (TPSA) is 100 Å². The minimum absolute atomic E-state index is 0.0267. The number of aromatic nitrogens is 1. The van der Waals surface area contributed by atoms with E-state index < -0.39 is 23.2 Å². The van der Waals surface area contributed by atoms with Gasteiger partial charge in [0.1, 0.15) is 11.4 Å². The van der Waals surface area contributed by atoms with Gasteiger partial charge in [-0.15, -0.1) is 0 Å². The lowest BCUT2D eigenvalue weighted by atomic mass is 10.1. The predicted molar refractivity (Wildman–Crippen MR) is 135 cm³/mol. The van der Waals surface area contributed by atoms with Gasteiger partial charge in [-0.2, -0.15) is 0 Å². The predicted octanol–water partition coefficient (Wildman–Crippen LogP) is 4.85. The second-order valence-electron chi connectivity index (χ2n) is 7.59. The Morgan fingerprint density at radius 1 is 1.06 bits per heavy atom. The number of halogens is 2. The summed E-state index contributed by atoms with van der Waals surface area (Å²) in [6.07, 6.45) is 0.487. The van der Waals surface area contributed by atoms with E-state index in [4.69, 9.17) is 16.3 Å². The second kappa shape index (κ2) is 11.2. The number of benzene rings is 3. The Hall–Kier alpha value is -4.61. The van der Waals surface area contributed by atoms with E-state index in [1.165, 1.54) is 12.3 Å². The van der Waals surface area contributed by atoms with Crippen molar-refractivity contribution in [3.8, 4) is 11.8 Å². The quantitative estimate of drug-likeness (QED) is 0.339. The summed E-state index contributed by atoms with van der Waals surface area (Å²) in [7, 11) is 0. The summed E-state index contributed by atoms with van der Waals surface area (Å²) in [5.74, 6) is 3.96. The third kappa shape index (κ3) is 6.09. The Morgan fingerprint density at radius 3 is 2.56 bits per heavy atom. The van der Waals surface area contributed by atoms with Gasteiger partial charge in [-0.3, -0.25) is 14.9 Å². The molecule has 36 heavy (non-hydrogen) atoms. The van der Waals surface area contributed by atoms with Crippen LogP contribution in [-0.2, 0) is 11.3 Å². The Labute approximate surface area is 210 Å². The molecule has 0 aliphatic rings. The van der Waals surface area contributed by atoms with E-state index in [-0.39, 0.29) is 35.2 Å². The Kier molecular flexibility index (Phi) is 7.63. The number of pyridine rings is 1. The van der Waals surface area contributed by atoms with Gasteiger partial charge in [0.05, 0.1) is 10.9 Å². The fourth-order valence-corrected chi connectivity index (χ4v) is 3.45. The molecular weight excluding hydrogens is 485 g/mol. The standard InChI is InChI=1S/C27H19ClFN3O4/c28-19-10-8-17(9-11-19)15-31-26(34)22-16-30-24-21(25(22)33)13-18(14-23(24)29)5-4-12-36-27(35)32-20-6-2-1-3-7-20/h1-3,6-11,13-14,16H,12,15H2,(H,30,33)(H,31,34)(H,32,35). The zero-order valence-electron chi connectivity index (χ0n) is 18.7. The van der Waals surface area contributed by atoms with Gasteiger partial charge >= 0.3 is 6.09 Å². The number of amides is 2. The Balaban J connectivity index is 1.46. The zero-order valence-corrected chi connectivity index (χ0v) is 19.5. The molecule has 0 spiro atoms. The average molecular weight is 504 g/mol. The molecule has 1 heterocycles. The lowest BCUT2D eigenvalue weighted by Crippen LogP contribution is -2.28. The number of hydrogen-bond donors (Lipinski definition) is 3. The molecule has 0 aliphatic carbocycles. The first-order chi connectivity index (χ1) is 17.4. The van der Waals surface area contributed by atoms with Crippen molar-refractivity contribution in [1.29, 1.82) is 0 Å². The minimum atomic E-state index is -0.704. The fourth-order valence-electron chi connectivity index (χ4n) is 3.32. The normalized spacial score (nSPS) is 10.3. The summed E-state index contributed by atoms with van der Waals surface area (Å²) in [6.45, 7) is -0.0625. The summed E-state index contributed by atoms with van der Waals surface area (Å²) in [6, 6.07) is 18.2. The molecule has 9 heteroatoms. The van der Waals surface area contributed by atoms with Crippen molar-refractivity contribution < 1.29 is 18.7 Å². The number of fused-ring (bicyclic) bond motifs is 1. The van der Waals surface area contributed by atoms with Gasteiger partial charge in [0.25, 0.3) is 5.91 Å². The molecule has 1 aromatic heterocycles. The van der Waals surface area contributed by atoms with Gasteiger partial charge in [-0.25, -0.2) is 9.18 Å². The van der Waals surface area contributed by atoms with E-state index >= 15 is 0 Å². The van der Waals surface area contributed by atoms with E-state index in [1.54, 1.807) is 48.5 Å². The zero-order chi connectivity index (χ0) is 25.5. The summed E-state index contributed by atoms with van der Waals surface area (Å²) in [4.78, 5) is 40.0. The molecule has 0 unspecified atom stereocenters. The van der Waals surface area contributed by atoms with Gasteiger partial charge in [-0.05, 0) is 42.0 Å². The number of anilines is 1. The van der Waals surface area contributed by atoms with E-state index in [2.05, 4.69) is 27.5 Å². The Morgan fingerprint density at radius 2 is 1.81 bits per heavy atom. The van der Waals surface area contributed by atoms with Crippen LogP contribution in [0, 0.1) is 17.7 Å². The van der Waals surface area contributed by atoms with Gasteiger partial charge in [-0.1, -0.05) is 53.8 Å². The highest BCUT2D eigenvalue weighted by molar-refractivity contribution is 6.30. The molecule has 0 saturated carbocycles. The monoisotopic (exact) mass is 503 g/mol. The van der Waals surface area contributed by atoms with Gasteiger partial charge in [0.15, 0.2) is 6.61 Å². The van der Waals surface area contributed by atoms with Gasteiger partial charge in [0, 0.05) is 29.0 Å². The van der Waals surface area contributed by atoms with Gasteiger partial charge < -0.3 is 15.0 Å². The highest BCUT2D eigenvalue weighted by Gasteiger charge is 2.15. The maximum atomic E-state index is 14.6. The molecule has 2 amide bonds. The number of carbonyl (C=O) groups excluding carboxylic acids is 2. The van der Waals surface area contributed by atoms with Crippen LogP contribution in [0.4, 0.5) is 14.9 Å². The molecule has 4 rings (SSSR count). The number of H-pyrrole nitrogens is 1. The first-order valence-electron chi connectivity index (χ1n) is 10.8. The molecule has 0 aliphatic heterocycles. The highest BCUT2D eigenvalue weighted by atomic mass is 35.5. The molecule has 180 valence electrons. The molecule has 0 saturated heterocycles. The van der Waals surface area contributed by atoms with Crippen LogP contribution >= 0.6 is 11.6 Å². The SMILES string of the molecule is O=C(Nc1ccccc1)OCC#Cc1cc(F)c2[nH]cc(C(=O)NCc3ccc(Cl)cc3)c(=O)c2c1. The van der Waals surface area contributed by atoms with Gasteiger partial charge in [0.2, 0.25) is 5.43 Å². The van der Waals surface area contributed by atoms with Crippen LogP contribution in [0.3, 0.4) is 0 Å². The maximum absolute atomic E-state index is 14.6. The van der Waals surface area contributed by atoms with E-state index in [9.17, 15) is 18.8 Å². The Bertz CT molecular complexity index is 1540. The highest BCUT2D eigenvalue weighted by Crippen LogP contribution is 2.16. The third-order valence-electron chi connectivity index (χ3n) is 5.08. The number of carbonyl (C=O) groups is 2. The molecule has 3 N–H and O–H groups in total. The second-order valence-corrected chi connectivity index (χ2v) is 8.03. The number of rotatable bonds is 5. The summed E-state index contributed by atoms with van der Waals surface area (Å²) >= 11 is 5.86. The van der Waals surface area contributed by atoms with Crippen molar-refractivity contribution in [2.24, 2.45) is 0 Å². The maximum Gasteiger partial charge on any atom is 0.412 e. The van der Waals surface area contributed by atoms with Crippen LogP contribution < -0.4 is 16.1 Å². The number of ether oxygens (including phenoxy) is 1. The molecule has 7 nitrogen and oxygen atoms in total. The van der Waals surface area contributed by atoms with Crippen molar-refractivity contribution in [3.05, 3.63) is 111 Å². The molecule has 3 aromatic carbocycles. The third-order valence-corrected chi connectivity index (χ3v) is 5.33. The molecule has 0 fully saturated rings. The van der Waals surface area contributed by atoms with Crippen molar-refractivity contribution in [1.82, 2.24) is 10.3 Å². The van der Waals surface area contributed by atoms with Crippen LogP contribution in [0.15, 0.2) is 77.7 Å². The first-order valence-corrected chi connectivity index (χ1v) is 11.1. The minimum Gasteiger partial charge on any atom is -0.436 e. The van der Waals surface area contributed by atoms with Crippen LogP contribution in [0.1, 0.15) is 21.5 Å². The average Bonchev–Trinajstić information content (AvgIpc) is 2.87. The van der Waals surface area contributed by atoms with Crippen molar-refractivity contribution in [2.75, 3.05) is 11.9 Å². The number of nitrogens with one attached hydrogen (secondary N) is 3. The summed E-state index contributed by atoms with van der Waals surface area (Å²) in [5, 5.41) is 5.75. The molecule has 0 atom stereocenters. The van der Waals surface area contributed by atoms with Crippen molar-refractivity contribution >= 4 is 40.2 Å². The van der Waals surface area contributed by atoms with Crippen LogP contribution in [0.5, 0.6) is 0 Å². The molecule has 0 radical (unpaired) electrons. The van der Waals surface area contributed by atoms with E-state index in [1.807, 2.05) is 6.07 Å². The molecule has 0 bridgehead atoms. The van der Waals surface area contributed by atoms with E-state index in [0.717, 1.165) is 11.6 Å². The smallest absolute Gasteiger partial charge is 0.412 e. The number of hydrogen-bond acceptors (Lipinski definition) is 4. The first kappa shape index (κ1) is 24.5.